The Labute approximate surface area is 134 Å². The van der Waals surface area contributed by atoms with Gasteiger partial charge in [0.2, 0.25) is 17.6 Å². The number of aromatic nitrogens is 2. The van der Waals surface area contributed by atoms with Crippen molar-refractivity contribution in [3.05, 3.63) is 11.7 Å². The van der Waals surface area contributed by atoms with Crippen LogP contribution < -0.4 is 0 Å². The molecule has 2 heterocycles. The van der Waals surface area contributed by atoms with E-state index in [1.54, 1.807) is 0 Å². The first kappa shape index (κ1) is 16.8. The fourth-order valence-electron chi connectivity index (χ4n) is 3.37. The smallest absolute Gasteiger partial charge is 0.248 e. The van der Waals surface area contributed by atoms with Crippen molar-refractivity contribution in [2.75, 3.05) is 19.8 Å². The van der Waals surface area contributed by atoms with E-state index in [1.165, 1.54) is 0 Å². The zero-order valence-electron chi connectivity index (χ0n) is 13.7. The molecule has 0 spiro atoms. The van der Waals surface area contributed by atoms with Gasteiger partial charge in [0.05, 0.1) is 6.61 Å². The van der Waals surface area contributed by atoms with Gasteiger partial charge in [-0.25, -0.2) is 8.78 Å². The van der Waals surface area contributed by atoms with Crippen molar-refractivity contribution in [1.29, 1.82) is 0 Å². The Morgan fingerprint density at radius 3 is 2.65 bits per heavy atom. The Kier molecular flexibility index (Phi) is 4.69. The number of rotatable bonds is 5. The van der Waals surface area contributed by atoms with E-state index in [-0.39, 0.29) is 24.9 Å². The van der Waals surface area contributed by atoms with Gasteiger partial charge in [-0.05, 0) is 26.2 Å². The van der Waals surface area contributed by atoms with Crippen LogP contribution in [-0.4, -0.2) is 35.9 Å². The summed E-state index contributed by atoms with van der Waals surface area (Å²) in [5.74, 6) is -1.40. The summed E-state index contributed by atoms with van der Waals surface area (Å²) in [5, 5.41) is 4.08. The van der Waals surface area contributed by atoms with Crippen LogP contribution in [0.5, 0.6) is 0 Å². The third-order valence-corrected chi connectivity index (χ3v) is 5.04. The highest BCUT2D eigenvalue weighted by Gasteiger charge is 2.45. The van der Waals surface area contributed by atoms with Crippen LogP contribution in [0.15, 0.2) is 4.52 Å². The lowest BCUT2D eigenvalue weighted by atomic mass is 9.74. The first-order chi connectivity index (χ1) is 10.9. The van der Waals surface area contributed by atoms with E-state index >= 15 is 0 Å². The van der Waals surface area contributed by atoms with Crippen LogP contribution in [0.1, 0.15) is 63.8 Å². The Hall–Kier alpha value is -1.08. The maximum absolute atomic E-state index is 13.4. The molecular weight excluding hydrogens is 306 g/mol. The van der Waals surface area contributed by atoms with Crippen LogP contribution in [0.25, 0.3) is 0 Å². The number of ether oxygens (including phenoxy) is 2. The average molecular weight is 330 g/mol. The summed E-state index contributed by atoms with van der Waals surface area (Å²) in [5.41, 5.74) is -0.476. The monoisotopic (exact) mass is 330 g/mol. The molecule has 1 aliphatic heterocycles. The quantitative estimate of drug-likeness (QED) is 0.825. The van der Waals surface area contributed by atoms with E-state index < -0.39 is 11.3 Å². The maximum atomic E-state index is 13.4. The van der Waals surface area contributed by atoms with E-state index in [0.29, 0.717) is 44.4 Å². The minimum Gasteiger partial charge on any atom is -0.381 e. The molecule has 2 unspecified atom stereocenters. The van der Waals surface area contributed by atoms with Crippen molar-refractivity contribution in [3.63, 3.8) is 0 Å². The van der Waals surface area contributed by atoms with Gasteiger partial charge in [0, 0.05) is 37.4 Å². The van der Waals surface area contributed by atoms with E-state index in [2.05, 4.69) is 10.1 Å². The first-order valence-corrected chi connectivity index (χ1v) is 8.35. The molecule has 0 aromatic carbocycles. The lowest BCUT2D eigenvalue weighted by Crippen LogP contribution is -2.34. The summed E-state index contributed by atoms with van der Waals surface area (Å²) in [6.07, 6.45) is 1.09. The largest absolute Gasteiger partial charge is 0.381 e. The molecule has 0 radical (unpaired) electrons. The highest BCUT2D eigenvalue weighted by Crippen LogP contribution is 2.45. The molecule has 23 heavy (non-hydrogen) atoms. The number of hydrogen-bond acceptors (Lipinski definition) is 5. The molecule has 1 aromatic heterocycles. The van der Waals surface area contributed by atoms with Crippen LogP contribution in [-0.2, 0) is 14.9 Å². The van der Waals surface area contributed by atoms with E-state index in [0.717, 1.165) is 6.42 Å². The number of halogens is 2. The van der Waals surface area contributed by atoms with Crippen molar-refractivity contribution in [1.82, 2.24) is 10.1 Å². The van der Waals surface area contributed by atoms with Crippen LogP contribution in [0.2, 0.25) is 0 Å². The van der Waals surface area contributed by atoms with Crippen molar-refractivity contribution in [3.8, 4) is 0 Å². The third kappa shape index (κ3) is 3.55. The summed E-state index contributed by atoms with van der Waals surface area (Å²) in [6, 6.07) is 0. The zero-order chi connectivity index (χ0) is 16.5. The number of alkyl halides is 2. The SMILES string of the molecule is CCOC(c1noc(C2(C)CCC(F)(F)CC2)n1)C1CCOC1. The predicted molar refractivity (Wildman–Crippen MR) is 78.4 cm³/mol. The van der Waals surface area contributed by atoms with E-state index in [1.807, 2.05) is 13.8 Å². The molecule has 3 rings (SSSR count). The summed E-state index contributed by atoms with van der Waals surface area (Å²) >= 11 is 0. The van der Waals surface area contributed by atoms with Crippen molar-refractivity contribution in [2.24, 2.45) is 5.92 Å². The summed E-state index contributed by atoms with van der Waals surface area (Å²) in [6.45, 7) is 5.74. The third-order valence-electron chi connectivity index (χ3n) is 5.04. The molecule has 2 atom stereocenters. The molecule has 0 amide bonds. The van der Waals surface area contributed by atoms with Crippen molar-refractivity contribution in [2.45, 2.75) is 63.4 Å². The maximum Gasteiger partial charge on any atom is 0.248 e. The number of nitrogens with zero attached hydrogens (tertiary/aromatic N) is 2. The molecule has 0 N–H and O–H groups in total. The second-order valence-electron chi connectivity index (χ2n) is 6.87. The van der Waals surface area contributed by atoms with Gasteiger partial charge in [0.25, 0.3) is 0 Å². The van der Waals surface area contributed by atoms with Gasteiger partial charge in [0.1, 0.15) is 6.10 Å². The Morgan fingerprint density at radius 1 is 1.30 bits per heavy atom. The van der Waals surface area contributed by atoms with Crippen LogP contribution >= 0.6 is 0 Å². The Balaban J connectivity index is 1.76. The molecule has 5 nitrogen and oxygen atoms in total. The zero-order valence-corrected chi connectivity index (χ0v) is 13.7. The molecule has 2 aliphatic rings. The number of hydrogen-bond donors (Lipinski definition) is 0. The van der Waals surface area contributed by atoms with Gasteiger partial charge in [-0.15, -0.1) is 0 Å². The Morgan fingerprint density at radius 2 is 2.04 bits per heavy atom. The van der Waals surface area contributed by atoms with Gasteiger partial charge in [-0.1, -0.05) is 12.1 Å². The van der Waals surface area contributed by atoms with Crippen molar-refractivity contribution < 1.29 is 22.8 Å². The predicted octanol–water partition coefficient (Wildman–Crippen LogP) is 3.65. The van der Waals surface area contributed by atoms with Crippen LogP contribution in [0.4, 0.5) is 8.78 Å². The standard InChI is InChI=1S/C16H24F2N2O3/c1-3-22-12(11-4-9-21-10-11)13-19-14(23-20-13)15(2)5-7-16(17,18)8-6-15/h11-12H,3-10H2,1-2H3. The average Bonchev–Trinajstić information content (AvgIpc) is 3.19. The molecule has 7 heteroatoms. The lowest BCUT2D eigenvalue weighted by molar-refractivity contribution is -0.0532. The normalized spacial score (nSPS) is 27.9. The molecule has 1 saturated heterocycles. The van der Waals surface area contributed by atoms with Gasteiger partial charge >= 0.3 is 0 Å². The minimum atomic E-state index is -2.57. The lowest BCUT2D eigenvalue weighted by Gasteiger charge is -2.34. The van der Waals surface area contributed by atoms with Gasteiger partial charge in [0.15, 0.2) is 0 Å². The van der Waals surface area contributed by atoms with Crippen LogP contribution in [0, 0.1) is 5.92 Å². The van der Waals surface area contributed by atoms with Gasteiger partial charge in [-0.3, -0.25) is 0 Å². The second kappa shape index (κ2) is 6.43. The molecule has 1 aromatic rings. The van der Waals surface area contributed by atoms with Gasteiger partial charge < -0.3 is 14.0 Å². The molecule has 0 bridgehead atoms. The summed E-state index contributed by atoms with van der Waals surface area (Å²) in [4.78, 5) is 4.51. The molecule has 1 saturated carbocycles. The molecule has 2 fully saturated rings. The summed E-state index contributed by atoms with van der Waals surface area (Å²) < 4.78 is 43.5. The topological polar surface area (TPSA) is 57.4 Å². The Bertz CT molecular complexity index is 519. The molecule has 130 valence electrons. The second-order valence-corrected chi connectivity index (χ2v) is 6.87. The fraction of sp³-hybridized carbons (Fsp3) is 0.875. The van der Waals surface area contributed by atoms with Crippen molar-refractivity contribution >= 4 is 0 Å². The van der Waals surface area contributed by atoms with E-state index in [9.17, 15) is 8.78 Å². The first-order valence-electron chi connectivity index (χ1n) is 8.35. The molecular formula is C16H24F2N2O3. The van der Waals surface area contributed by atoms with E-state index in [4.69, 9.17) is 14.0 Å². The fourth-order valence-corrected chi connectivity index (χ4v) is 3.37. The van der Waals surface area contributed by atoms with Crippen LogP contribution in [0.3, 0.4) is 0 Å². The highest BCUT2D eigenvalue weighted by atomic mass is 19.3. The molecule has 1 aliphatic carbocycles. The minimum absolute atomic E-state index is 0.132. The summed E-state index contributed by atoms with van der Waals surface area (Å²) in [7, 11) is 0. The highest BCUT2D eigenvalue weighted by molar-refractivity contribution is 5.08. The van der Waals surface area contributed by atoms with Gasteiger partial charge in [-0.2, -0.15) is 4.98 Å².